The molecule has 0 saturated carbocycles. The van der Waals surface area contributed by atoms with E-state index in [1.54, 1.807) is 0 Å². The van der Waals surface area contributed by atoms with Gasteiger partial charge in [0.25, 0.3) is 0 Å². The molecule has 0 bridgehead atoms. The topological polar surface area (TPSA) is 85.5 Å². The van der Waals surface area contributed by atoms with Crippen LogP contribution in [0.1, 0.15) is 24.2 Å². The van der Waals surface area contributed by atoms with Crippen molar-refractivity contribution in [1.82, 2.24) is 19.7 Å². The molecule has 9 heteroatoms. The van der Waals surface area contributed by atoms with Crippen LogP contribution in [0, 0.1) is 17.4 Å². The number of rotatable bonds is 4. The van der Waals surface area contributed by atoms with Gasteiger partial charge < -0.3 is 0 Å². The summed E-state index contributed by atoms with van der Waals surface area (Å²) in [6.45, 7) is 6.91. The van der Waals surface area contributed by atoms with Crippen LogP contribution in [0.5, 0.6) is 0 Å². The first-order valence-electron chi connectivity index (χ1n) is 10.7. The molecule has 166 valence electrons. The van der Waals surface area contributed by atoms with Gasteiger partial charge in [-0.25, -0.2) is 0 Å². The average molecular weight is 537 g/mol. The first kappa shape index (κ1) is 21.0. The Hall–Kier alpha value is -1.82. The maximum atomic E-state index is 9.48. The summed E-state index contributed by atoms with van der Waals surface area (Å²) in [5.41, 5.74) is 2.37. The van der Waals surface area contributed by atoms with E-state index >= 15 is 0 Å². The number of aliphatic hydroxyl groups excluding tert-OH is 1. The fraction of sp³-hybridized carbons (Fsp3) is 0.500. The summed E-state index contributed by atoms with van der Waals surface area (Å²) < 4.78 is 16.3. The third kappa shape index (κ3) is 4.28. The van der Waals surface area contributed by atoms with Gasteiger partial charge in [-0.15, -0.1) is 0 Å². The van der Waals surface area contributed by atoms with Crippen molar-refractivity contribution in [2.45, 2.75) is 32.8 Å². The Morgan fingerprint density at radius 1 is 1.13 bits per heavy atom. The minimum absolute atomic E-state index is 0.00691. The number of aryl methyl sites for hydroxylation is 2. The second kappa shape index (κ2) is 8.97. The number of hydrogen-bond acceptors (Lipinski definition) is 7. The summed E-state index contributed by atoms with van der Waals surface area (Å²) in [6.07, 6.45) is 4.16. The van der Waals surface area contributed by atoms with Crippen LogP contribution in [0.2, 0.25) is 0 Å². The molecule has 2 aliphatic heterocycles. The van der Waals surface area contributed by atoms with E-state index in [4.69, 9.17) is 7.80 Å². The maximum absolute atomic E-state index is 9.48. The molecule has 2 aromatic heterocycles. The van der Waals surface area contributed by atoms with Crippen LogP contribution in [0.15, 0.2) is 24.4 Å². The molecule has 3 aromatic rings. The van der Waals surface area contributed by atoms with Crippen molar-refractivity contribution in [2.75, 3.05) is 42.2 Å². The molecule has 1 N–H and O–H groups in total. The molecular weight excluding hydrogens is 509 g/mol. The quantitative estimate of drug-likeness (QED) is 0.405. The van der Waals surface area contributed by atoms with E-state index in [1.807, 2.05) is 23.9 Å². The Balaban J connectivity index is 1.54. The van der Waals surface area contributed by atoms with Crippen molar-refractivity contribution in [3.63, 3.8) is 0 Å². The SMILES string of the molecule is Cc1nc(N2CCO[C@@H](CO)C2)cc(-n2ncc3cc(C)c(I4CCCCO4)cc32)n1. The van der Waals surface area contributed by atoms with Gasteiger partial charge in [0.1, 0.15) is 0 Å². The number of hydrogen-bond donors (Lipinski definition) is 1. The van der Waals surface area contributed by atoms with E-state index in [0.29, 0.717) is 19.0 Å². The number of benzene rings is 1. The molecule has 2 saturated heterocycles. The number of morpholine rings is 1. The summed E-state index contributed by atoms with van der Waals surface area (Å²) in [4.78, 5) is 11.5. The number of alkyl halides is 1. The fourth-order valence-corrected chi connectivity index (χ4v) is 9.15. The molecule has 4 heterocycles. The van der Waals surface area contributed by atoms with Crippen LogP contribution in [0.4, 0.5) is 5.82 Å². The number of ether oxygens (including phenoxy) is 1. The molecule has 5 rings (SSSR count). The van der Waals surface area contributed by atoms with Gasteiger partial charge in [0.05, 0.1) is 0 Å². The first-order valence-corrected chi connectivity index (χ1v) is 14.2. The monoisotopic (exact) mass is 537 g/mol. The summed E-state index contributed by atoms with van der Waals surface area (Å²) in [6, 6.07) is 6.49. The number of nitrogens with zero attached hydrogens (tertiary/aromatic N) is 5. The Kier molecular flexibility index (Phi) is 6.09. The van der Waals surface area contributed by atoms with Crippen LogP contribution in [-0.2, 0) is 7.80 Å². The van der Waals surface area contributed by atoms with Crippen LogP contribution in [-0.4, -0.2) is 68.3 Å². The van der Waals surface area contributed by atoms with Crippen LogP contribution >= 0.6 is 20.2 Å². The number of anilines is 1. The van der Waals surface area contributed by atoms with Gasteiger partial charge in [0, 0.05) is 0 Å². The summed E-state index contributed by atoms with van der Waals surface area (Å²) in [7, 11) is 0. The molecule has 1 aromatic carbocycles. The average Bonchev–Trinajstić information content (AvgIpc) is 3.21. The van der Waals surface area contributed by atoms with Crippen molar-refractivity contribution in [3.05, 3.63) is 39.4 Å². The third-order valence-corrected chi connectivity index (χ3v) is 11.1. The van der Waals surface area contributed by atoms with Gasteiger partial charge in [-0.3, -0.25) is 0 Å². The first-order chi connectivity index (χ1) is 15.1. The molecule has 8 nitrogen and oxygen atoms in total. The summed E-state index contributed by atoms with van der Waals surface area (Å²) in [5, 5.41) is 15.3. The molecule has 0 aliphatic carbocycles. The third-order valence-electron chi connectivity index (χ3n) is 5.68. The minimum atomic E-state index is -1.59. The zero-order valence-electron chi connectivity index (χ0n) is 17.9. The Morgan fingerprint density at radius 2 is 2.00 bits per heavy atom. The van der Waals surface area contributed by atoms with Gasteiger partial charge in [0.15, 0.2) is 0 Å². The predicted octanol–water partition coefficient (Wildman–Crippen LogP) is 3.03. The Bertz CT molecular complexity index is 1080. The van der Waals surface area contributed by atoms with Crippen molar-refractivity contribution >= 4 is 37.0 Å². The predicted molar refractivity (Wildman–Crippen MR) is 128 cm³/mol. The summed E-state index contributed by atoms with van der Waals surface area (Å²) >= 11 is -1.59. The van der Waals surface area contributed by atoms with E-state index in [-0.39, 0.29) is 12.7 Å². The Labute approximate surface area is 189 Å². The normalized spacial score (nSPS) is 21.1. The number of aliphatic hydroxyl groups is 1. The van der Waals surface area contributed by atoms with E-state index in [0.717, 1.165) is 35.7 Å². The number of halogens is 1. The standard InChI is InChI=1S/C22H28IN5O3/c1-15-9-17-12-24-28(20(17)10-19(15)23-5-3-4-7-31-23)22-11-21(25-16(2)26-22)27-6-8-30-18(13-27)14-29/h9-12,18,29H,3-8,13-14H2,1-2H3/t18-/m1/s1. The van der Waals surface area contributed by atoms with Gasteiger partial charge in [-0.1, -0.05) is 0 Å². The van der Waals surface area contributed by atoms with Crippen molar-refractivity contribution < 1.29 is 12.9 Å². The number of fused-ring (bicyclic) bond motifs is 1. The summed E-state index contributed by atoms with van der Waals surface area (Å²) in [5.74, 6) is 2.29. The molecule has 0 amide bonds. The molecule has 2 aliphatic rings. The molecule has 2 fully saturated rings. The van der Waals surface area contributed by atoms with E-state index in [2.05, 4.69) is 39.0 Å². The van der Waals surface area contributed by atoms with Crippen LogP contribution in [0.3, 0.4) is 0 Å². The number of aromatic nitrogens is 4. The fourth-order valence-electron chi connectivity index (χ4n) is 4.10. The zero-order chi connectivity index (χ0) is 21.4. The molecule has 0 radical (unpaired) electrons. The molecule has 1 atom stereocenters. The molecule has 0 spiro atoms. The van der Waals surface area contributed by atoms with Gasteiger partial charge in [-0.05, 0) is 0 Å². The van der Waals surface area contributed by atoms with Crippen molar-refractivity contribution in [3.8, 4) is 5.82 Å². The van der Waals surface area contributed by atoms with Gasteiger partial charge >= 0.3 is 190 Å². The van der Waals surface area contributed by atoms with Crippen LogP contribution in [0.25, 0.3) is 16.7 Å². The van der Waals surface area contributed by atoms with Gasteiger partial charge in [-0.2, -0.15) is 0 Å². The van der Waals surface area contributed by atoms with Crippen molar-refractivity contribution in [1.29, 1.82) is 0 Å². The van der Waals surface area contributed by atoms with Crippen LogP contribution < -0.4 is 4.90 Å². The second-order valence-electron chi connectivity index (χ2n) is 8.00. The Morgan fingerprint density at radius 3 is 2.81 bits per heavy atom. The zero-order valence-corrected chi connectivity index (χ0v) is 20.1. The van der Waals surface area contributed by atoms with E-state index in [1.165, 1.54) is 26.4 Å². The van der Waals surface area contributed by atoms with E-state index in [9.17, 15) is 5.11 Å². The van der Waals surface area contributed by atoms with Gasteiger partial charge in [0.2, 0.25) is 0 Å². The second-order valence-corrected chi connectivity index (χ2v) is 12.7. The molecule has 0 unspecified atom stereocenters. The molecule has 31 heavy (non-hydrogen) atoms. The van der Waals surface area contributed by atoms with E-state index < -0.39 is 20.2 Å². The van der Waals surface area contributed by atoms with Crippen molar-refractivity contribution in [2.24, 2.45) is 0 Å². The molecular formula is C22H28IN5O3.